The molecule has 0 radical (unpaired) electrons. The van der Waals surface area contributed by atoms with Gasteiger partial charge >= 0.3 is 5.97 Å². The summed E-state index contributed by atoms with van der Waals surface area (Å²) in [6.45, 7) is 9.00. The SMILES string of the molecule is CC(C)CC(C)(C)[C@@H]1CC2(CCCCC2)C(=O)O1. The van der Waals surface area contributed by atoms with Gasteiger partial charge in [0.15, 0.2) is 0 Å². The van der Waals surface area contributed by atoms with Gasteiger partial charge in [-0.2, -0.15) is 0 Å². The Bertz CT molecular complexity index is 311. The van der Waals surface area contributed by atoms with Crippen LogP contribution in [0.4, 0.5) is 0 Å². The first-order valence-corrected chi connectivity index (χ1v) is 7.57. The second-order valence-corrected chi connectivity index (χ2v) is 7.53. The normalized spacial score (nSPS) is 27.8. The van der Waals surface area contributed by atoms with Gasteiger partial charge < -0.3 is 4.74 Å². The Balaban J connectivity index is 2.08. The van der Waals surface area contributed by atoms with Crippen LogP contribution >= 0.6 is 0 Å². The van der Waals surface area contributed by atoms with Crippen LogP contribution in [-0.4, -0.2) is 12.1 Å². The molecule has 18 heavy (non-hydrogen) atoms. The summed E-state index contributed by atoms with van der Waals surface area (Å²) in [7, 11) is 0. The van der Waals surface area contributed by atoms with Crippen molar-refractivity contribution in [3.8, 4) is 0 Å². The fourth-order valence-electron chi connectivity index (χ4n) is 3.99. The quantitative estimate of drug-likeness (QED) is 0.699. The van der Waals surface area contributed by atoms with Crippen molar-refractivity contribution in [1.82, 2.24) is 0 Å². The smallest absolute Gasteiger partial charge is 0.312 e. The zero-order valence-corrected chi connectivity index (χ0v) is 12.4. The van der Waals surface area contributed by atoms with Gasteiger partial charge in [0.1, 0.15) is 6.10 Å². The summed E-state index contributed by atoms with van der Waals surface area (Å²) in [5.41, 5.74) is 0.00192. The summed E-state index contributed by atoms with van der Waals surface area (Å²) in [4.78, 5) is 12.3. The van der Waals surface area contributed by atoms with Crippen LogP contribution in [0.25, 0.3) is 0 Å². The maximum absolute atomic E-state index is 12.3. The van der Waals surface area contributed by atoms with E-state index in [4.69, 9.17) is 4.74 Å². The van der Waals surface area contributed by atoms with E-state index in [1.807, 2.05) is 0 Å². The van der Waals surface area contributed by atoms with E-state index in [2.05, 4.69) is 27.7 Å². The third-order valence-corrected chi connectivity index (χ3v) is 4.88. The predicted octanol–water partition coefficient (Wildman–Crippen LogP) is 4.32. The largest absolute Gasteiger partial charge is 0.461 e. The maximum Gasteiger partial charge on any atom is 0.312 e. The minimum Gasteiger partial charge on any atom is -0.461 e. The molecule has 104 valence electrons. The van der Waals surface area contributed by atoms with E-state index in [1.54, 1.807) is 0 Å². The highest BCUT2D eigenvalue weighted by atomic mass is 16.6. The Morgan fingerprint density at radius 3 is 2.44 bits per heavy atom. The van der Waals surface area contributed by atoms with Gasteiger partial charge in [-0.15, -0.1) is 0 Å². The standard InChI is InChI=1S/C16H28O2/c1-12(2)10-15(3,4)13-11-16(14(17)18-13)8-6-5-7-9-16/h12-13H,5-11H2,1-4H3/t13-/m0/s1. The number of cyclic esters (lactones) is 1. The average molecular weight is 252 g/mol. The second kappa shape index (κ2) is 4.86. The van der Waals surface area contributed by atoms with E-state index in [1.165, 1.54) is 19.3 Å². The molecule has 0 N–H and O–H groups in total. The van der Waals surface area contributed by atoms with Crippen molar-refractivity contribution >= 4 is 5.97 Å². The fraction of sp³-hybridized carbons (Fsp3) is 0.938. The predicted molar refractivity (Wildman–Crippen MR) is 73.3 cm³/mol. The number of carbonyl (C=O) groups is 1. The van der Waals surface area contributed by atoms with Crippen LogP contribution in [0, 0.1) is 16.7 Å². The summed E-state index contributed by atoms with van der Waals surface area (Å²) in [6, 6.07) is 0. The Morgan fingerprint density at radius 2 is 1.89 bits per heavy atom. The van der Waals surface area contributed by atoms with Crippen LogP contribution in [0.1, 0.15) is 72.6 Å². The molecule has 0 aromatic heterocycles. The average Bonchev–Trinajstić information content (AvgIpc) is 2.57. The summed E-state index contributed by atoms with van der Waals surface area (Å²) < 4.78 is 5.78. The molecular weight excluding hydrogens is 224 g/mol. The molecule has 0 aromatic carbocycles. The van der Waals surface area contributed by atoms with Crippen LogP contribution in [0.2, 0.25) is 0 Å². The molecule has 1 saturated heterocycles. The van der Waals surface area contributed by atoms with Crippen LogP contribution in [-0.2, 0) is 9.53 Å². The van der Waals surface area contributed by atoms with E-state index in [-0.39, 0.29) is 22.9 Å². The van der Waals surface area contributed by atoms with E-state index in [0.717, 1.165) is 25.7 Å². The molecule has 2 fully saturated rings. The van der Waals surface area contributed by atoms with Crippen molar-refractivity contribution in [1.29, 1.82) is 0 Å². The van der Waals surface area contributed by atoms with Crippen LogP contribution in [0.3, 0.4) is 0 Å². The first kappa shape index (κ1) is 13.9. The van der Waals surface area contributed by atoms with Crippen molar-refractivity contribution in [2.24, 2.45) is 16.7 Å². The lowest BCUT2D eigenvalue weighted by Crippen LogP contribution is -2.32. The second-order valence-electron chi connectivity index (χ2n) is 7.53. The molecule has 2 nitrogen and oxygen atoms in total. The van der Waals surface area contributed by atoms with Crippen molar-refractivity contribution < 1.29 is 9.53 Å². The lowest BCUT2D eigenvalue weighted by Gasteiger charge is -2.33. The number of esters is 1. The monoisotopic (exact) mass is 252 g/mol. The highest BCUT2D eigenvalue weighted by molar-refractivity contribution is 5.79. The number of rotatable bonds is 3. The molecule has 1 aliphatic heterocycles. The molecule has 1 spiro atoms. The third kappa shape index (κ3) is 2.57. The number of hydrogen-bond donors (Lipinski definition) is 0. The van der Waals surface area contributed by atoms with Crippen LogP contribution in [0.15, 0.2) is 0 Å². The van der Waals surface area contributed by atoms with Crippen molar-refractivity contribution in [2.45, 2.75) is 78.7 Å². The Labute approximate surface area is 111 Å². The Morgan fingerprint density at radius 1 is 1.28 bits per heavy atom. The summed E-state index contributed by atoms with van der Waals surface area (Å²) in [6.07, 6.45) is 8.02. The molecule has 1 atom stereocenters. The van der Waals surface area contributed by atoms with Gasteiger partial charge in [-0.3, -0.25) is 4.79 Å². The van der Waals surface area contributed by atoms with Crippen LogP contribution < -0.4 is 0 Å². The molecule has 0 amide bonds. The molecule has 2 aliphatic rings. The van der Waals surface area contributed by atoms with Gasteiger partial charge in [0.05, 0.1) is 5.41 Å². The molecule has 1 heterocycles. The molecule has 2 heteroatoms. The first-order valence-electron chi connectivity index (χ1n) is 7.57. The molecular formula is C16H28O2. The minimum absolute atomic E-state index is 0.101. The molecule has 0 bridgehead atoms. The topological polar surface area (TPSA) is 26.3 Å². The maximum atomic E-state index is 12.3. The highest BCUT2D eigenvalue weighted by Crippen LogP contribution is 2.50. The molecule has 0 unspecified atom stereocenters. The summed E-state index contributed by atoms with van der Waals surface area (Å²) in [5, 5.41) is 0. The third-order valence-electron chi connectivity index (χ3n) is 4.88. The molecule has 0 aromatic rings. The van der Waals surface area contributed by atoms with Gasteiger partial charge in [0.25, 0.3) is 0 Å². The van der Waals surface area contributed by atoms with E-state index in [9.17, 15) is 4.79 Å². The lowest BCUT2D eigenvalue weighted by molar-refractivity contribution is -0.153. The van der Waals surface area contributed by atoms with Crippen molar-refractivity contribution in [3.63, 3.8) is 0 Å². The molecule has 2 rings (SSSR count). The van der Waals surface area contributed by atoms with E-state index >= 15 is 0 Å². The Hall–Kier alpha value is -0.530. The first-order chi connectivity index (χ1) is 8.36. The van der Waals surface area contributed by atoms with E-state index < -0.39 is 0 Å². The molecule has 1 aliphatic carbocycles. The van der Waals surface area contributed by atoms with Crippen molar-refractivity contribution in [3.05, 3.63) is 0 Å². The van der Waals surface area contributed by atoms with Gasteiger partial charge in [-0.1, -0.05) is 47.0 Å². The van der Waals surface area contributed by atoms with Gasteiger partial charge in [0, 0.05) is 11.8 Å². The molecule has 1 saturated carbocycles. The minimum atomic E-state index is -0.114. The van der Waals surface area contributed by atoms with E-state index in [0.29, 0.717) is 5.92 Å². The van der Waals surface area contributed by atoms with Gasteiger partial charge in [-0.05, 0) is 25.2 Å². The summed E-state index contributed by atoms with van der Waals surface area (Å²) >= 11 is 0. The fourth-order valence-corrected chi connectivity index (χ4v) is 3.99. The van der Waals surface area contributed by atoms with Crippen molar-refractivity contribution in [2.75, 3.05) is 0 Å². The zero-order chi connectivity index (χ0) is 13.4. The number of ether oxygens (including phenoxy) is 1. The number of carbonyl (C=O) groups excluding carboxylic acids is 1. The van der Waals surface area contributed by atoms with Gasteiger partial charge in [0.2, 0.25) is 0 Å². The zero-order valence-electron chi connectivity index (χ0n) is 12.4. The lowest BCUT2D eigenvalue weighted by atomic mass is 9.68. The van der Waals surface area contributed by atoms with Gasteiger partial charge in [-0.25, -0.2) is 0 Å². The van der Waals surface area contributed by atoms with Crippen LogP contribution in [0.5, 0.6) is 0 Å². The highest BCUT2D eigenvalue weighted by Gasteiger charge is 2.52. The Kier molecular flexibility index (Phi) is 3.75. The number of hydrogen-bond acceptors (Lipinski definition) is 2. The summed E-state index contributed by atoms with van der Waals surface area (Å²) in [5.74, 6) is 0.755.